The summed E-state index contributed by atoms with van der Waals surface area (Å²) in [6, 6.07) is 8.65. The molecule has 0 aliphatic heterocycles. The first-order chi connectivity index (χ1) is 10.1. The van der Waals surface area contributed by atoms with Gasteiger partial charge in [0.25, 0.3) is 0 Å². The molecule has 1 aromatic heterocycles. The number of aromatic nitrogens is 1. The third kappa shape index (κ3) is 4.44. The predicted octanol–water partition coefficient (Wildman–Crippen LogP) is 2.84. The smallest absolute Gasteiger partial charge is 0.180 e. The SMILES string of the molecule is COc1ccccc1CC(C)N(C)CCc1csc(N)n1. The molecule has 114 valence electrons. The van der Waals surface area contributed by atoms with Gasteiger partial charge in [0.05, 0.1) is 12.8 Å². The van der Waals surface area contributed by atoms with Crippen LogP contribution in [0.3, 0.4) is 0 Å². The van der Waals surface area contributed by atoms with Crippen molar-refractivity contribution in [2.45, 2.75) is 25.8 Å². The Morgan fingerprint density at radius 2 is 2.14 bits per heavy atom. The molecular formula is C16H23N3OS. The molecule has 1 unspecified atom stereocenters. The minimum absolute atomic E-state index is 0.442. The fourth-order valence-corrected chi connectivity index (χ4v) is 2.89. The average molecular weight is 305 g/mol. The Bertz CT molecular complexity index is 570. The highest BCUT2D eigenvalue weighted by Crippen LogP contribution is 2.20. The van der Waals surface area contributed by atoms with Gasteiger partial charge in [0.2, 0.25) is 0 Å². The number of likely N-dealkylation sites (N-methyl/N-ethyl adjacent to an activating group) is 1. The number of nitrogens with two attached hydrogens (primary N) is 1. The van der Waals surface area contributed by atoms with Crippen LogP contribution >= 0.6 is 11.3 Å². The quantitative estimate of drug-likeness (QED) is 0.854. The molecule has 0 saturated carbocycles. The molecule has 0 spiro atoms. The number of hydrogen-bond acceptors (Lipinski definition) is 5. The minimum Gasteiger partial charge on any atom is -0.496 e. The van der Waals surface area contributed by atoms with Crippen LogP contribution in [0.5, 0.6) is 5.75 Å². The second-order valence-corrected chi connectivity index (χ2v) is 6.16. The number of methoxy groups -OCH3 is 1. The number of rotatable bonds is 7. The Labute approximate surface area is 130 Å². The molecule has 0 aliphatic rings. The normalized spacial score (nSPS) is 12.6. The van der Waals surface area contributed by atoms with Gasteiger partial charge in [0, 0.05) is 24.4 Å². The van der Waals surface area contributed by atoms with Gasteiger partial charge in [0.1, 0.15) is 5.75 Å². The highest BCUT2D eigenvalue weighted by molar-refractivity contribution is 7.13. The van der Waals surface area contributed by atoms with Crippen LogP contribution in [0.25, 0.3) is 0 Å². The largest absolute Gasteiger partial charge is 0.496 e. The van der Waals surface area contributed by atoms with Crippen molar-refractivity contribution in [2.75, 3.05) is 26.4 Å². The number of ether oxygens (including phenoxy) is 1. The summed E-state index contributed by atoms with van der Waals surface area (Å²) in [6.45, 7) is 3.21. The Morgan fingerprint density at radius 3 is 2.81 bits per heavy atom. The molecule has 2 aromatic rings. The summed E-state index contributed by atoms with van der Waals surface area (Å²) in [7, 11) is 3.87. The fourth-order valence-electron chi connectivity index (χ4n) is 2.29. The van der Waals surface area contributed by atoms with E-state index in [4.69, 9.17) is 10.5 Å². The highest BCUT2D eigenvalue weighted by atomic mass is 32.1. The molecule has 1 atom stereocenters. The van der Waals surface area contributed by atoms with Gasteiger partial charge in [-0.25, -0.2) is 4.98 Å². The Kier molecular flexibility index (Phi) is 5.59. The molecule has 1 aromatic carbocycles. The monoisotopic (exact) mass is 305 g/mol. The number of benzene rings is 1. The van der Waals surface area contributed by atoms with Crippen LogP contribution in [-0.4, -0.2) is 36.6 Å². The Balaban J connectivity index is 1.88. The van der Waals surface area contributed by atoms with Gasteiger partial charge in [-0.15, -0.1) is 11.3 Å². The minimum atomic E-state index is 0.442. The van der Waals surface area contributed by atoms with Crippen LogP contribution in [0.15, 0.2) is 29.6 Å². The number of hydrogen-bond donors (Lipinski definition) is 1. The second-order valence-electron chi connectivity index (χ2n) is 5.27. The number of thiazole rings is 1. The topological polar surface area (TPSA) is 51.4 Å². The molecular weight excluding hydrogens is 282 g/mol. The van der Waals surface area contributed by atoms with Crippen molar-refractivity contribution >= 4 is 16.5 Å². The van der Waals surface area contributed by atoms with Crippen molar-refractivity contribution in [2.24, 2.45) is 0 Å². The lowest BCUT2D eigenvalue weighted by Crippen LogP contribution is -2.32. The van der Waals surface area contributed by atoms with Crippen molar-refractivity contribution in [1.29, 1.82) is 0 Å². The molecule has 2 N–H and O–H groups in total. The third-order valence-corrected chi connectivity index (χ3v) is 4.47. The van der Waals surface area contributed by atoms with Gasteiger partial charge in [0.15, 0.2) is 5.13 Å². The van der Waals surface area contributed by atoms with Crippen LogP contribution in [-0.2, 0) is 12.8 Å². The van der Waals surface area contributed by atoms with Crippen molar-refractivity contribution in [3.63, 3.8) is 0 Å². The first kappa shape index (κ1) is 15.8. The van der Waals surface area contributed by atoms with Crippen LogP contribution in [0.1, 0.15) is 18.2 Å². The zero-order valence-electron chi connectivity index (χ0n) is 12.9. The maximum absolute atomic E-state index is 5.66. The number of para-hydroxylation sites is 1. The van der Waals surface area contributed by atoms with Gasteiger partial charge in [-0.3, -0.25) is 0 Å². The van der Waals surface area contributed by atoms with E-state index in [-0.39, 0.29) is 0 Å². The molecule has 0 radical (unpaired) electrons. The van der Waals surface area contributed by atoms with Gasteiger partial charge in [-0.05, 0) is 32.0 Å². The Morgan fingerprint density at radius 1 is 1.38 bits per heavy atom. The summed E-state index contributed by atoms with van der Waals surface area (Å²) >= 11 is 1.50. The second kappa shape index (κ2) is 7.43. The van der Waals surface area contributed by atoms with Crippen LogP contribution in [0.4, 0.5) is 5.13 Å². The van der Waals surface area contributed by atoms with E-state index in [1.54, 1.807) is 7.11 Å². The first-order valence-electron chi connectivity index (χ1n) is 7.12. The van der Waals surface area contributed by atoms with Gasteiger partial charge < -0.3 is 15.4 Å². The van der Waals surface area contributed by atoms with E-state index in [1.165, 1.54) is 16.9 Å². The van der Waals surface area contributed by atoms with Crippen molar-refractivity contribution in [3.8, 4) is 5.75 Å². The average Bonchev–Trinajstić information content (AvgIpc) is 2.91. The van der Waals surface area contributed by atoms with E-state index < -0.39 is 0 Å². The molecule has 5 heteroatoms. The molecule has 21 heavy (non-hydrogen) atoms. The lowest BCUT2D eigenvalue weighted by atomic mass is 10.0. The first-order valence-corrected chi connectivity index (χ1v) is 8.00. The van der Waals surface area contributed by atoms with E-state index >= 15 is 0 Å². The van der Waals surface area contributed by atoms with Gasteiger partial charge in [-0.2, -0.15) is 0 Å². The zero-order valence-corrected chi connectivity index (χ0v) is 13.7. The summed E-state index contributed by atoms with van der Waals surface area (Å²) < 4.78 is 5.42. The maximum Gasteiger partial charge on any atom is 0.180 e. The van der Waals surface area contributed by atoms with Crippen LogP contribution in [0, 0.1) is 0 Å². The molecule has 2 rings (SSSR count). The van der Waals surface area contributed by atoms with Crippen molar-refractivity contribution in [3.05, 3.63) is 40.9 Å². The van der Waals surface area contributed by atoms with E-state index in [9.17, 15) is 0 Å². The molecule has 1 heterocycles. The highest BCUT2D eigenvalue weighted by Gasteiger charge is 2.13. The third-order valence-electron chi connectivity index (χ3n) is 3.75. The fraction of sp³-hybridized carbons (Fsp3) is 0.438. The van der Waals surface area contributed by atoms with E-state index in [0.29, 0.717) is 11.2 Å². The van der Waals surface area contributed by atoms with E-state index in [0.717, 1.165) is 30.8 Å². The van der Waals surface area contributed by atoms with E-state index in [2.05, 4.69) is 36.0 Å². The molecule has 0 amide bonds. The van der Waals surface area contributed by atoms with Gasteiger partial charge >= 0.3 is 0 Å². The van der Waals surface area contributed by atoms with Gasteiger partial charge in [-0.1, -0.05) is 18.2 Å². The Hall–Kier alpha value is -1.59. The standard InChI is InChI=1S/C16H23N3OS/c1-12(10-13-6-4-5-7-15(13)20-3)19(2)9-8-14-11-21-16(17)18-14/h4-7,11-12H,8-10H2,1-3H3,(H2,17,18). The lowest BCUT2D eigenvalue weighted by Gasteiger charge is -2.25. The van der Waals surface area contributed by atoms with E-state index in [1.807, 2.05) is 17.5 Å². The summed E-state index contributed by atoms with van der Waals surface area (Å²) in [4.78, 5) is 6.65. The molecule has 4 nitrogen and oxygen atoms in total. The molecule has 0 fully saturated rings. The summed E-state index contributed by atoms with van der Waals surface area (Å²) in [5, 5.41) is 2.68. The molecule has 0 aliphatic carbocycles. The summed E-state index contributed by atoms with van der Waals surface area (Å²) in [5.74, 6) is 0.963. The van der Waals surface area contributed by atoms with Crippen LogP contribution < -0.4 is 10.5 Å². The number of nitrogen functional groups attached to an aromatic ring is 1. The van der Waals surface area contributed by atoms with Crippen molar-refractivity contribution < 1.29 is 4.74 Å². The lowest BCUT2D eigenvalue weighted by molar-refractivity contribution is 0.257. The summed E-state index contributed by atoms with van der Waals surface area (Å²) in [6.07, 6.45) is 1.90. The predicted molar refractivity (Wildman–Crippen MR) is 89.0 cm³/mol. The molecule has 0 bridgehead atoms. The zero-order chi connectivity index (χ0) is 15.2. The summed E-state index contributed by atoms with van der Waals surface area (Å²) in [5.41, 5.74) is 7.98. The maximum atomic E-state index is 5.66. The molecule has 0 saturated heterocycles. The van der Waals surface area contributed by atoms with Crippen molar-refractivity contribution in [1.82, 2.24) is 9.88 Å². The number of nitrogens with zero attached hydrogens (tertiary/aromatic N) is 2. The number of anilines is 1. The van der Waals surface area contributed by atoms with Crippen LogP contribution in [0.2, 0.25) is 0 Å².